The van der Waals surface area contributed by atoms with E-state index in [1.54, 1.807) is 28.9 Å². The Morgan fingerprint density at radius 2 is 1.34 bits per heavy atom. The van der Waals surface area contributed by atoms with Crippen LogP contribution in [0.3, 0.4) is 0 Å². The van der Waals surface area contributed by atoms with Crippen molar-refractivity contribution in [2.75, 3.05) is 127 Å². The minimum absolute atomic E-state index is 0.0390. The number of nitrogens with two attached hydrogens (primary N) is 4. The van der Waals surface area contributed by atoms with Gasteiger partial charge in [-0.2, -0.15) is 15.0 Å². The Hall–Kier alpha value is -5.13. The van der Waals surface area contributed by atoms with Crippen molar-refractivity contribution in [2.24, 2.45) is 22.9 Å². The molecule has 5 heterocycles. The lowest BCUT2D eigenvalue weighted by atomic mass is 10.1. The number of carbonyl (C=O) groups is 2. The number of nitrogens with one attached hydrogen (secondary N) is 1. The molecule has 0 bridgehead atoms. The highest BCUT2D eigenvalue weighted by atomic mass is 16.5. The van der Waals surface area contributed by atoms with Crippen molar-refractivity contribution in [1.82, 2.24) is 54.7 Å². The third-order valence-electron chi connectivity index (χ3n) is 11.0. The fourth-order valence-corrected chi connectivity index (χ4v) is 7.38. The first-order valence-electron chi connectivity index (χ1n) is 22.3. The van der Waals surface area contributed by atoms with Gasteiger partial charge in [0, 0.05) is 65.4 Å². The standard InChI is InChI=1S/C40H68N18O6/c1-3-21-62-23-25-64-26-24-63-22-12-45-38-46-39(55-17-13-53(14-18-55)36(60)34(9-5-7-11-42)57-28-31(27-43)49-51-57)48-40(47-38)56-19-15-54(16-20-56)37(61)35(30(2)59)58-29-33(50-52-58)32(44)8-4-6-10-41/h1,28-30,32,34-35,59H,4-27,41-44H2,2H3,(H,45,46,47,48)/t30-,32+,34+,35?/m1/s1. The Balaban J connectivity index is 1.23. The summed E-state index contributed by atoms with van der Waals surface area (Å²) in [7, 11) is 0. The number of rotatable bonds is 28. The summed E-state index contributed by atoms with van der Waals surface area (Å²) in [6.45, 7) is 9.01. The summed E-state index contributed by atoms with van der Waals surface area (Å²) < 4.78 is 19.5. The number of hydrogen-bond donors (Lipinski definition) is 6. The van der Waals surface area contributed by atoms with Crippen molar-refractivity contribution < 1.29 is 28.9 Å². The van der Waals surface area contributed by atoms with E-state index in [1.807, 2.05) is 14.7 Å². The van der Waals surface area contributed by atoms with Crippen LogP contribution in [0, 0.1) is 12.3 Å². The highest BCUT2D eigenvalue weighted by Crippen LogP contribution is 2.24. The lowest BCUT2D eigenvalue weighted by Crippen LogP contribution is -2.53. The zero-order valence-corrected chi connectivity index (χ0v) is 37.1. The number of amides is 2. The predicted octanol–water partition coefficient (Wildman–Crippen LogP) is -1.97. The van der Waals surface area contributed by atoms with Gasteiger partial charge >= 0.3 is 0 Å². The first kappa shape index (κ1) is 49.9. The molecule has 24 nitrogen and oxygen atoms in total. The van der Waals surface area contributed by atoms with Crippen LogP contribution >= 0.6 is 0 Å². The van der Waals surface area contributed by atoms with E-state index in [0.29, 0.717) is 147 Å². The van der Waals surface area contributed by atoms with Crippen LogP contribution in [-0.4, -0.2) is 189 Å². The molecule has 354 valence electrons. The second kappa shape index (κ2) is 26.6. The van der Waals surface area contributed by atoms with Gasteiger partial charge in [0.15, 0.2) is 6.04 Å². The van der Waals surface area contributed by atoms with Gasteiger partial charge in [0.2, 0.25) is 29.7 Å². The Morgan fingerprint density at radius 3 is 1.92 bits per heavy atom. The lowest BCUT2D eigenvalue weighted by Gasteiger charge is -2.38. The van der Waals surface area contributed by atoms with Crippen molar-refractivity contribution in [3.8, 4) is 12.3 Å². The van der Waals surface area contributed by atoms with E-state index in [4.69, 9.17) is 58.5 Å². The number of nitrogens with zero attached hydrogens (tertiary/aromatic N) is 13. The average molecular weight is 897 g/mol. The van der Waals surface area contributed by atoms with Gasteiger partial charge in [0.1, 0.15) is 12.6 Å². The largest absolute Gasteiger partial charge is 0.391 e. The summed E-state index contributed by atoms with van der Waals surface area (Å²) in [4.78, 5) is 50.0. The average Bonchev–Trinajstić information content (AvgIpc) is 4.00. The number of piperazine rings is 2. The number of unbranched alkanes of at least 4 members (excludes halogenated alkanes) is 2. The summed E-state index contributed by atoms with van der Waals surface area (Å²) in [5.74, 6) is 3.36. The zero-order valence-electron chi connectivity index (χ0n) is 37.1. The van der Waals surface area contributed by atoms with Crippen LogP contribution in [0.1, 0.15) is 75.0 Å². The molecule has 24 heteroatoms. The molecule has 2 amide bonds. The molecule has 3 aromatic rings. The maximum atomic E-state index is 13.9. The fourth-order valence-electron chi connectivity index (χ4n) is 7.38. The predicted molar refractivity (Wildman–Crippen MR) is 238 cm³/mol. The molecule has 3 aromatic heterocycles. The summed E-state index contributed by atoms with van der Waals surface area (Å²) in [5, 5.41) is 30.8. The summed E-state index contributed by atoms with van der Waals surface area (Å²) >= 11 is 0. The maximum Gasteiger partial charge on any atom is 0.250 e. The molecule has 0 aliphatic carbocycles. The minimum Gasteiger partial charge on any atom is -0.391 e. The normalized spacial score (nSPS) is 16.4. The summed E-state index contributed by atoms with van der Waals surface area (Å²) in [6, 6.07) is -1.85. The summed E-state index contributed by atoms with van der Waals surface area (Å²) in [5.41, 5.74) is 24.7. The molecule has 0 spiro atoms. The topological polar surface area (TPSA) is 311 Å². The van der Waals surface area contributed by atoms with Crippen LogP contribution in [0.15, 0.2) is 12.4 Å². The third-order valence-corrected chi connectivity index (χ3v) is 11.0. The Kier molecular flexibility index (Phi) is 20.7. The highest BCUT2D eigenvalue weighted by molar-refractivity contribution is 5.81. The highest BCUT2D eigenvalue weighted by Gasteiger charge is 2.35. The minimum atomic E-state index is -1.03. The third kappa shape index (κ3) is 14.7. The van der Waals surface area contributed by atoms with Gasteiger partial charge in [-0.15, -0.1) is 16.6 Å². The SMILES string of the molecule is C#CCOCCOCCOCCNc1nc(N2CCN(C(=O)C([C@@H](C)O)n3cc([C@@H](N)CCCCN)nn3)CC2)nc(N2CCN(C(=O)[C@H](CCCCN)n3cc(CN)nn3)CC2)n1. The van der Waals surface area contributed by atoms with Gasteiger partial charge in [0.05, 0.1) is 69.0 Å². The Labute approximate surface area is 374 Å². The van der Waals surface area contributed by atoms with Gasteiger partial charge in [-0.25, -0.2) is 9.36 Å². The van der Waals surface area contributed by atoms with Crippen LogP contribution < -0.4 is 38.1 Å². The second-order valence-corrected chi connectivity index (χ2v) is 15.7. The monoisotopic (exact) mass is 897 g/mol. The van der Waals surface area contributed by atoms with E-state index in [0.717, 1.165) is 25.7 Å². The van der Waals surface area contributed by atoms with E-state index in [9.17, 15) is 14.7 Å². The van der Waals surface area contributed by atoms with Gasteiger partial charge < -0.3 is 67.2 Å². The second-order valence-electron chi connectivity index (χ2n) is 15.7. The Morgan fingerprint density at radius 1 is 0.766 bits per heavy atom. The van der Waals surface area contributed by atoms with Crippen molar-refractivity contribution in [3.05, 3.63) is 23.8 Å². The maximum absolute atomic E-state index is 13.9. The molecular formula is C40H68N18O6. The van der Waals surface area contributed by atoms with Crippen LogP contribution in [0.25, 0.3) is 0 Å². The molecule has 4 atom stereocenters. The first-order chi connectivity index (χ1) is 31.2. The number of aliphatic hydroxyl groups is 1. The Bertz CT molecular complexity index is 1880. The van der Waals surface area contributed by atoms with Crippen molar-refractivity contribution >= 4 is 29.7 Å². The van der Waals surface area contributed by atoms with Gasteiger partial charge in [-0.05, 0) is 52.1 Å². The molecule has 0 saturated carbocycles. The smallest absolute Gasteiger partial charge is 0.250 e. The van der Waals surface area contributed by atoms with Crippen LogP contribution in [-0.2, 0) is 30.3 Å². The molecule has 0 aromatic carbocycles. The van der Waals surface area contributed by atoms with Crippen molar-refractivity contribution in [3.63, 3.8) is 0 Å². The molecule has 10 N–H and O–H groups in total. The van der Waals surface area contributed by atoms with E-state index >= 15 is 0 Å². The van der Waals surface area contributed by atoms with Gasteiger partial charge in [-0.1, -0.05) is 22.8 Å². The fraction of sp³-hybridized carbons (Fsp3) is 0.725. The molecular weight excluding hydrogens is 829 g/mol. The molecule has 2 saturated heterocycles. The number of carbonyl (C=O) groups excluding carboxylic acids is 2. The molecule has 2 fully saturated rings. The van der Waals surface area contributed by atoms with Gasteiger partial charge in [0.25, 0.3) is 0 Å². The number of ether oxygens (including phenoxy) is 3. The van der Waals surface area contributed by atoms with E-state index in [1.165, 1.54) is 4.68 Å². The number of aromatic nitrogens is 9. The molecule has 5 rings (SSSR count). The van der Waals surface area contributed by atoms with Crippen LogP contribution in [0.4, 0.5) is 17.8 Å². The first-order valence-corrected chi connectivity index (χ1v) is 22.3. The van der Waals surface area contributed by atoms with Crippen molar-refractivity contribution in [2.45, 2.75) is 76.2 Å². The van der Waals surface area contributed by atoms with Gasteiger partial charge in [-0.3, -0.25) is 9.59 Å². The number of terminal acetylenes is 1. The van der Waals surface area contributed by atoms with Crippen molar-refractivity contribution in [1.29, 1.82) is 0 Å². The van der Waals surface area contributed by atoms with Crippen LogP contribution in [0.2, 0.25) is 0 Å². The lowest BCUT2D eigenvalue weighted by molar-refractivity contribution is -0.138. The molecule has 2 aliphatic rings. The van der Waals surface area contributed by atoms with E-state index < -0.39 is 18.2 Å². The molecule has 0 radical (unpaired) electrons. The van der Waals surface area contributed by atoms with E-state index in [-0.39, 0.29) is 31.0 Å². The van der Waals surface area contributed by atoms with E-state index in [2.05, 4.69) is 31.9 Å². The van der Waals surface area contributed by atoms with Crippen LogP contribution in [0.5, 0.6) is 0 Å². The molecule has 64 heavy (non-hydrogen) atoms. The number of anilines is 3. The molecule has 1 unspecified atom stereocenters. The zero-order chi connectivity index (χ0) is 45.7. The molecule has 2 aliphatic heterocycles. The quantitative estimate of drug-likeness (QED) is 0.0340. The number of hydrogen-bond acceptors (Lipinski definition) is 20. The number of aliphatic hydroxyl groups excluding tert-OH is 1. The summed E-state index contributed by atoms with van der Waals surface area (Å²) in [6.07, 6.45) is 12.1.